The van der Waals surface area contributed by atoms with Gasteiger partial charge in [0, 0.05) is 12.7 Å². The Morgan fingerprint density at radius 3 is 2.50 bits per heavy atom. The lowest BCUT2D eigenvalue weighted by molar-refractivity contribution is -0.116. The van der Waals surface area contributed by atoms with Gasteiger partial charge in [0.05, 0.1) is 10.6 Å². The second-order valence-corrected chi connectivity index (χ2v) is 6.58. The second-order valence-electron chi connectivity index (χ2n) is 4.56. The Hall–Kier alpha value is -1.43. The number of anilines is 1. The molecule has 0 spiro atoms. The van der Waals surface area contributed by atoms with Crippen molar-refractivity contribution in [2.24, 2.45) is 5.92 Å². The van der Waals surface area contributed by atoms with Gasteiger partial charge in [-0.05, 0) is 24.1 Å². The lowest BCUT2D eigenvalue weighted by Crippen LogP contribution is -2.15. The molecule has 0 unspecified atom stereocenters. The fourth-order valence-corrected chi connectivity index (χ4v) is 2.05. The molecule has 0 heterocycles. The molecule has 4 nitrogen and oxygen atoms in total. The first-order valence-electron chi connectivity index (χ1n) is 5.49. The molecule has 0 aliphatic rings. The molecule has 6 heteroatoms. The van der Waals surface area contributed by atoms with Gasteiger partial charge in [0.25, 0.3) is 0 Å². The summed E-state index contributed by atoms with van der Waals surface area (Å²) in [5.41, 5.74) is -0.108. The summed E-state index contributed by atoms with van der Waals surface area (Å²) in [7, 11) is -3.42. The summed E-state index contributed by atoms with van der Waals surface area (Å²) >= 11 is 0. The monoisotopic (exact) mass is 273 g/mol. The Kier molecular flexibility index (Phi) is 4.45. The van der Waals surface area contributed by atoms with E-state index in [0.29, 0.717) is 0 Å². The van der Waals surface area contributed by atoms with Gasteiger partial charge >= 0.3 is 0 Å². The van der Waals surface area contributed by atoms with Gasteiger partial charge in [-0.25, -0.2) is 12.8 Å². The summed E-state index contributed by atoms with van der Waals surface area (Å²) in [4.78, 5) is 11.5. The van der Waals surface area contributed by atoms with Gasteiger partial charge in [0.15, 0.2) is 9.84 Å². The Morgan fingerprint density at radius 2 is 2.00 bits per heavy atom. The molecule has 0 atom stereocenters. The van der Waals surface area contributed by atoms with Gasteiger partial charge in [-0.3, -0.25) is 4.79 Å². The van der Waals surface area contributed by atoms with Crippen LogP contribution in [0.1, 0.15) is 20.3 Å². The van der Waals surface area contributed by atoms with E-state index < -0.39 is 15.7 Å². The molecule has 0 saturated carbocycles. The van der Waals surface area contributed by atoms with Crippen molar-refractivity contribution in [3.63, 3.8) is 0 Å². The number of carbonyl (C=O) groups is 1. The van der Waals surface area contributed by atoms with Crippen LogP contribution in [0.25, 0.3) is 0 Å². The number of rotatable bonds is 4. The van der Waals surface area contributed by atoms with E-state index in [1.807, 2.05) is 13.8 Å². The van der Waals surface area contributed by atoms with Gasteiger partial charge in [0.2, 0.25) is 5.91 Å². The van der Waals surface area contributed by atoms with Crippen LogP contribution in [-0.2, 0) is 14.6 Å². The lowest BCUT2D eigenvalue weighted by atomic mass is 10.1. The van der Waals surface area contributed by atoms with Crippen LogP contribution >= 0.6 is 0 Å². The number of carbonyl (C=O) groups excluding carboxylic acids is 1. The maximum Gasteiger partial charge on any atom is 0.224 e. The third kappa shape index (κ3) is 4.10. The summed E-state index contributed by atoms with van der Waals surface area (Å²) < 4.78 is 36.1. The van der Waals surface area contributed by atoms with Crippen molar-refractivity contribution in [1.82, 2.24) is 0 Å². The standard InChI is InChI=1S/C12H16FNO3S/c1-8(2)6-12(15)14-11-7-9(18(3,16)17)4-5-10(11)13/h4-5,7-8H,6H2,1-3H3,(H,14,15). The smallest absolute Gasteiger partial charge is 0.224 e. The Bertz CT molecular complexity index is 552. The zero-order chi connectivity index (χ0) is 13.9. The SMILES string of the molecule is CC(C)CC(=O)Nc1cc(S(C)(=O)=O)ccc1F. The van der Waals surface area contributed by atoms with E-state index >= 15 is 0 Å². The molecule has 0 bridgehead atoms. The molecule has 1 rings (SSSR count). The largest absolute Gasteiger partial charge is 0.324 e. The van der Waals surface area contributed by atoms with Crippen molar-refractivity contribution in [2.75, 3.05) is 11.6 Å². The molecule has 100 valence electrons. The second kappa shape index (κ2) is 5.48. The topological polar surface area (TPSA) is 63.2 Å². The molecule has 0 aliphatic carbocycles. The third-order valence-corrected chi connectivity index (χ3v) is 3.34. The van der Waals surface area contributed by atoms with Crippen LogP contribution in [0, 0.1) is 11.7 Å². The highest BCUT2D eigenvalue weighted by atomic mass is 32.2. The molecule has 18 heavy (non-hydrogen) atoms. The highest BCUT2D eigenvalue weighted by molar-refractivity contribution is 7.90. The predicted molar refractivity (Wildman–Crippen MR) is 67.6 cm³/mol. The molecular formula is C12H16FNO3S. The lowest BCUT2D eigenvalue weighted by Gasteiger charge is -2.09. The zero-order valence-corrected chi connectivity index (χ0v) is 11.3. The number of benzene rings is 1. The Balaban J connectivity index is 2.99. The number of hydrogen-bond donors (Lipinski definition) is 1. The van der Waals surface area contributed by atoms with E-state index in [1.165, 1.54) is 6.07 Å². The first-order chi connectivity index (χ1) is 8.20. The predicted octanol–water partition coefficient (Wildman–Crippen LogP) is 2.21. The van der Waals surface area contributed by atoms with Crippen molar-refractivity contribution in [3.05, 3.63) is 24.0 Å². The van der Waals surface area contributed by atoms with Crippen molar-refractivity contribution in [2.45, 2.75) is 25.2 Å². The van der Waals surface area contributed by atoms with E-state index in [9.17, 15) is 17.6 Å². The van der Waals surface area contributed by atoms with E-state index in [2.05, 4.69) is 5.32 Å². The average Bonchev–Trinajstić information content (AvgIpc) is 2.18. The Labute approximate surface area is 106 Å². The molecule has 0 fully saturated rings. The van der Waals surface area contributed by atoms with E-state index in [0.717, 1.165) is 18.4 Å². The molecule has 0 saturated heterocycles. The van der Waals surface area contributed by atoms with Gasteiger partial charge in [-0.2, -0.15) is 0 Å². The van der Waals surface area contributed by atoms with Gasteiger partial charge in [0.1, 0.15) is 5.82 Å². The number of halogens is 1. The van der Waals surface area contributed by atoms with E-state index in [-0.39, 0.29) is 28.8 Å². The Morgan fingerprint density at radius 1 is 1.39 bits per heavy atom. The van der Waals surface area contributed by atoms with Crippen LogP contribution in [-0.4, -0.2) is 20.6 Å². The van der Waals surface area contributed by atoms with Crippen molar-refractivity contribution in [3.8, 4) is 0 Å². The molecular weight excluding hydrogens is 257 g/mol. The summed E-state index contributed by atoms with van der Waals surface area (Å²) in [6.07, 6.45) is 1.28. The van der Waals surface area contributed by atoms with Crippen molar-refractivity contribution < 1.29 is 17.6 Å². The van der Waals surface area contributed by atoms with Crippen LogP contribution in [0.15, 0.2) is 23.1 Å². The highest BCUT2D eigenvalue weighted by Crippen LogP contribution is 2.20. The minimum absolute atomic E-state index is 0.0243. The van der Waals surface area contributed by atoms with Crippen LogP contribution < -0.4 is 5.32 Å². The molecule has 0 radical (unpaired) electrons. The molecule has 1 N–H and O–H groups in total. The molecule has 1 amide bonds. The summed E-state index contributed by atoms with van der Waals surface area (Å²) in [5.74, 6) is -0.847. The van der Waals surface area contributed by atoms with Crippen LogP contribution in [0.5, 0.6) is 0 Å². The van der Waals surface area contributed by atoms with Crippen LogP contribution in [0.4, 0.5) is 10.1 Å². The minimum Gasteiger partial charge on any atom is -0.324 e. The minimum atomic E-state index is -3.42. The van der Waals surface area contributed by atoms with Gasteiger partial charge < -0.3 is 5.32 Å². The number of amides is 1. The normalized spacial score (nSPS) is 11.6. The maximum atomic E-state index is 13.4. The van der Waals surface area contributed by atoms with Gasteiger partial charge in [-0.1, -0.05) is 13.8 Å². The first-order valence-corrected chi connectivity index (χ1v) is 7.38. The molecule has 0 aromatic heterocycles. The fraction of sp³-hybridized carbons (Fsp3) is 0.417. The van der Waals surface area contributed by atoms with Crippen LogP contribution in [0.3, 0.4) is 0 Å². The highest BCUT2D eigenvalue weighted by Gasteiger charge is 2.13. The zero-order valence-electron chi connectivity index (χ0n) is 10.5. The number of nitrogens with one attached hydrogen (secondary N) is 1. The third-order valence-electron chi connectivity index (χ3n) is 2.23. The number of sulfone groups is 1. The number of hydrogen-bond acceptors (Lipinski definition) is 3. The molecule has 1 aromatic carbocycles. The average molecular weight is 273 g/mol. The van der Waals surface area contributed by atoms with E-state index in [1.54, 1.807) is 0 Å². The summed E-state index contributed by atoms with van der Waals surface area (Å²) in [5, 5.41) is 2.38. The van der Waals surface area contributed by atoms with Gasteiger partial charge in [-0.15, -0.1) is 0 Å². The first kappa shape index (κ1) is 14.6. The van der Waals surface area contributed by atoms with Crippen molar-refractivity contribution >= 4 is 21.4 Å². The van der Waals surface area contributed by atoms with Crippen LogP contribution in [0.2, 0.25) is 0 Å². The quantitative estimate of drug-likeness (QED) is 0.855. The fourth-order valence-electron chi connectivity index (χ4n) is 1.40. The molecule has 0 aliphatic heterocycles. The van der Waals surface area contributed by atoms with E-state index in [4.69, 9.17) is 0 Å². The summed E-state index contributed by atoms with van der Waals surface area (Å²) in [6, 6.07) is 3.33. The molecule has 1 aromatic rings. The maximum absolute atomic E-state index is 13.4. The van der Waals surface area contributed by atoms with Crippen molar-refractivity contribution in [1.29, 1.82) is 0 Å². The summed E-state index contributed by atoms with van der Waals surface area (Å²) in [6.45, 7) is 3.73.